The zero-order valence-electron chi connectivity index (χ0n) is 23.8. The molecule has 0 aromatic heterocycles. The van der Waals surface area contributed by atoms with Crippen LogP contribution in [0.5, 0.6) is 11.5 Å². The number of amides is 1. The Hall–Kier alpha value is -3.16. The van der Waals surface area contributed by atoms with Gasteiger partial charge in [-0.3, -0.25) is 4.79 Å². The number of likely N-dealkylation sites (N-methyl/N-ethyl adjacent to an activating group) is 1. The SMILES string of the molecule is COc1ccc([C@@H]2C=C(C(=O)N3CCN(C)CC3)O[C@H](OCCN(CCO)S(=O)(=O)c3ccc(OC)cc3)C2)cc1. The van der Waals surface area contributed by atoms with Crippen molar-refractivity contribution in [3.8, 4) is 11.5 Å². The van der Waals surface area contributed by atoms with Crippen LogP contribution in [0.3, 0.4) is 0 Å². The smallest absolute Gasteiger partial charge is 0.288 e. The fraction of sp³-hybridized carbons (Fsp3) is 0.483. The van der Waals surface area contributed by atoms with Crippen molar-refractivity contribution in [1.29, 1.82) is 0 Å². The molecule has 2 aliphatic heterocycles. The summed E-state index contributed by atoms with van der Waals surface area (Å²) in [5, 5.41) is 9.56. The molecule has 2 atom stereocenters. The maximum absolute atomic E-state index is 13.4. The monoisotopic (exact) mass is 589 g/mol. The molecule has 0 unspecified atom stereocenters. The minimum Gasteiger partial charge on any atom is -0.497 e. The Kier molecular flexibility index (Phi) is 10.6. The number of methoxy groups -OCH3 is 2. The van der Waals surface area contributed by atoms with Crippen molar-refractivity contribution < 1.29 is 37.3 Å². The second kappa shape index (κ2) is 14.1. The highest BCUT2D eigenvalue weighted by Gasteiger charge is 2.32. The summed E-state index contributed by atoms with van der Waals surface area (Å²) in [6, 6.07) is 13.7. The molecule has 12 heteroatoms. The summed E-state index contributed by atoms with van der Waals surface area (Å²) in [4.78, 5) is 17.4. The van der Waals surface area contributed by atoms with Gasteiger partial charge in [0.1, 0.15) is 11.5 Å². The van der Waals surface area contributed by atoms with E-state index < -0.39 is 16.3 Å². The van der Waals surface area contributed by atoms with Gasteiger partial charge < -0.3 is 33.9 Å². The molecule has 0 radical (unpaired) electrons. The van der Waals surface area contributed by atoms with Crippen molar-refractivity contribution in [1.82, 2.24) is 14.1 Å². The number of nitrogens with zero attached hydrogens (tertiary/aromatic N) is 3. The largest absolute Gasteiger partial charge is 0.497 e. The van der Waals surface area contributed by atoms with E-state index in [9.17, 15) is 18.3 Å². The number of sulfonamides is 1. The highest BCUT2D eigenvalue weighted by Crippen LogP contribution is 2.33. The summed E-state index contributed by atoms with van der Waals surface area (Å²) in [5.41, 5.74) is 0.982. The molecule has 2 aliphatic rings. The first kappa shape index (κ1) is 30.8. The quantitative estimate of drug-likeness (QED) is 0.396. The second-order valence-electron chi connectivity index (χ2n) is 9.96. The lowest BCUT2D eigenvalue weighted by Gasteiger charge is -2.35. The van der Waals surface area contributed by atoms with Gasteiger partial charge >= 0.3 is 0 Å². The Balaban J connectivity index is 1.47. The molecule has 0 saturated carbocycles. The Bertz CT molecular complexity index is 1280. The summed E-state index contributed by atoms with van der Waals surface area (Å²) in [6.45, 7) is 2.33. The molecule has 0 aliphatic carbocycles. The van der Waals surface area contributed by atoms with Crippen LogP contribution in [-0.2, 0) is 24.3 Å². The lowest BCUT2D eigenvalue weighted by Crippen LogP contribution is -2.48. The minimum absolute atomic E-state index is 0.00532. The summed E-state index contributed by atoms with van der Waals surface area (Å²) in [6.07, 6.45) is 1.52. The predicted molar refractivity (Wildman–Crippen MR) is 152 cm³/mol. The fourth-order valence-electron chi connectivity index (χ4n) is 4.81. The van der Waals surface area contributed by atoms with E-state index in [-0.39, 0.29) is 48.8 Å². The van der Waals surface area contributed by atoms with E-state index >= 15 is 0 Å². The first-order valence-electron chi connectivity index (χ1n) is 13.6. The predicted octanol–water partition coefficient (Wildman–Crippen LogP) is 1.89. The molecule has 1 saturated heterocycles. The van der Waals surface area contributed by atoms with E-state index in [1.165, 1.54) is 23.5 Å². The van der Waals surface area contributed by atoms with Crippen LogP contribution < -0.4 is 9.47 Å². The van der Waals surface area contributed by atoms with Gasteiger partial charge in [0.25, 0.3) is 5.91 Å². The van der Waals surface area contributed by atoms with Gasteiger partial charge in [-0.1, -0.05) is 12.1 Å². The number of ether oxygens (including phenoxy) is 4. The third-order valence-corrected chi connectivity index (χ3v) is 9.21. The number of aliphatic hydroxyl groups is 1. The highest BCUT2D eigenvalue weighted by atomic mass is 32.2. The molecular formula is C29H39N3O8S. The average Bonchev–Trinajstić information content (AvgIpc) is 3.00. The van der Waals surface area contributed by atoms with Gasteiger partial charge in [0.05, 0.1) is 32.3 Å². The molecular weight excluding hydrogens is 550 g/mol. The number of hydrogen-bond donors (Lipinski definition) is 1. The van der Waals surface area contributed by atoms with Crippen LogP contribution in [0.25, 0.3) is 0 Å². The number of rotatable bonds is 12. The van der Waals surface area contributed by atoms with Gasteiger partial charge in [-0.25, -0.2) is 8.42 Å². The molecule has 41 heavy (non-hydrogen) atoms. The van der Waals surface area contributed by atoms with Gasteiger partial charge in [-0.2, -0.15) is 4.31 Å². The van der Waals surface area contributed by atoms with E-state index in [0.717, 1.165) is 24.4 Å². The van der Waals surface area contributed by atoms with Crippen molar-refractivity contribution in [2.24, 2.45) is 0 Å². The zero-order valence-corrected chi connectivity index (χ0v) is 24.6. The van der Waals surface area contributed by atoms with Crippen molar-refractivity contribution in [3.05, 3.63) is 65.9 Å². The van der Waals surface area contributed by atoms with Crippen molar-refractivity contribution in [3.63, 3.8) is 0 Å². The molecule has 0 bridgehead atoms. The topological polar surface area (TPSA) is 118 Å². The maximum atomic E-state index is 13.4. The first-order chi connectivity index (χ1) is 19.7. The van der Waals surface area contributed by atoms with Crippen LogP contribution in [0, 0.1) is 0 Å². The van der Waals surface area contributed by atoms with E-state index in [0.29, 0.717) is 25.3 Å². The van der Waals surface area contributed by atoms with Gasteiger partial charge in [0.15, 0.2) is 5.76 Å². The van der Waals surface area contributed by atoms with Crippen LogP contribution >= 0.6 is 0 Å². The van der Waals surface area contributed by atoms with Gasteiger partial charge in [0, 0.05) is 51.6 Å². The molecule has 1 fully saturated rings. The Morgan fingerprint density at radius 3 is 2.17 bits per heavy atom. The maximum Gasteiger partial charge on any atom is 0.288 e. The summed E-state index contributed by atoms with van der Waals surface area (Å²) in [7, 11) is 1.25. The van der Waals surface area contributed by atoms with Gasteiger partial charge in [-0.05, 0) is 55.1 Å². The fourth-order valence-corrected chi connectivity index (χ4v) is 6.22. The summed E-state index contributed by atoms with van der Waals surface area (Å²) in [5.74, 6) is 1.16. The van der Waals surface area contributed by atoms with Crippen LogP contribution in [0.15, 0.2) is 65.3 Å². The number of carbonyl (C=O) groups excluding carboxylic acids is 1. The van der Waals surface area contributed by atoms with Crippen molar-refractivity contribution in [2.75, 3.05) is 73.7 Å². The number of carbonyl (C=O) groups is 1. The van der Waals surface area contributed by atoms with Crippen molar-refractivity contribution in [2.45, 2.75) is 23.5 Å². The Morgan fingerprint density at radius 2 is 1.59 bits per heavy atom. The Morgan fingerprint density at radius 1 is 0.976 bits per heavy atom. The molecule has 11 nitrogen and oxygen atoms in total. The summed E-state index contributed by atoms with van der Waals surface area (Å²) < 4.78 is 50.1. The van der Waals surface area contributed by atoms with Crippen LogP contribution in [0.2, 0.25) is 0 Å². The third kappa shape index (κ3) is 7.77. The number of hydrogen-bond acceptors (Lipinski definition) is 9. The third-order valence-electron chi connectivity index (χ3n) is 7.29. The van der Waals surface area contributed by atoms with E-state index in [4.69, 9.17) is 18.9 Å². The molecule has 0 spiro atoms. The highest BCUT2D eigenvalue weighted by molar-refractivity contribution is 7.89. The molecule has 2 aromatic rings. The van der Waals surface area contributed by atoms with Crippen molar-refractivity contribution >= 4 is 15.9 Å². The lowest BCUT2D eigenvalue weighted by atomic mass is 9.92. The molecule has 4 rings (SSSR count). The number of allylic oxidation sites excluding steroid dienone is 1. The molecule has 224 valence electrons. The normalized spacial score (nSPS) is 19.9. The van der Waals surface area contributed by atoms with E-state index in [2.05, 4.69) is 4.90 Å². The zero-order chi connectivity index (χ0) is 29.4. The van der Waals surface area contributed by atoms with Gasteiger partial charge in [-0.15, -0.1) is 0 Å². The summed E-state index contributed by atoms with van der Waals surface area (Å²) >= 11 is 0. The van der Waals surface area contributed by atoms with Gasteiger partial charge in [0.2, 0.25) is 16.3 Å². The molecule has 1 amide bonds. The standard InChI is InChI=1S/C29H39N3O8S/c1-30-12-14-31(15-13-30)29(34)27-20-23(22-4-6-24(37-2)7-5-22)21-28(40-27)39-19-17-32(16-18-33)41(35,36)26-10-8-25(38-3)9-11-26/h4-11,20,23,28,33H,12-19,21H2,1-3H3/t23-,28+/m1/s1. The van der Waals surface area contributed by atoms with E-state index in [1.807, 2.05) is 37.4 Å². The first-order valence-corrected chi connectivity index (χ1v) is 15.1. The average molecular weight is 590 g/mol. The number of benzene rings is 2. The Labute approximate surface area is 241 Å². The van der Waals surface area contributed by atoms with Crippen LogP contribution in [-0.4, -0.2) is 114 Å². The van der Waals surface area contributed by atoms with Crippen LogP contribution in [0.1, 0.15) is 17.9 Å². The lowest BCUT2D eigenvalue weighted by molar-refractivity contribution is -0.153. The molecule has 2 aromatic carbocycles. The molecule has 1 N–H and O–H groups in total. The second-order valence-corrected chi connectivity index (χ2v) is 11.9. The van der Waals surface area contributed by atoms with Crippen LogP contribution in [0.4, 0.5) is 0 Å². The number of piperazine rings is 1. The minimum atomic E-state index is -3.89. The molecule has 2 heterocycles. The number of aliphatic hydroxyl groups excluding tert-OH is 1. The van der Waals surface area contributed by atoms with E-state index in [1.54, 1.807) is 24.1 Å².